The first-order valence-corrected chi connectivity index (χ1v) is 3.88. The van der Waals surface area contributed by atoms with Crippen LogP contribution >= 0.6 is 0 Å². The summed E-state index contributed by atoms with van der Waals surface area (Å²) >= 11 is 0. The fraction of sp³-hybridized carbons (Fsp3) is 0.0909. The lowest BCUT2D eigenvalue weighted by atomic mass is 10.1. The van der Waals surface area contributed by atoms with Gasteiger partial charge in [-0.2, -0.15) is 0 Å². The average molecular weight is 157 g/mol. The first-order valence-electron chi connectivity index (χ1n) is 3.88. The molecule has 0 saturated carbocycles. The van der Waals surface area contributed by atoms with Crippen LogP contribution in [0.25, 0.3) is 10.8 Å². The second-order valence-corrected chi connectivity index (χ2v) is 2.89. The Hall–Kier alpha value is -1.50. The number of rotatable bonds is 0. The van der Waals surface area contributed by atoms with Gasteiger partial charge < -0.3 is 5.11 Å². The lowest BCUT2D eigenvalue weighted by Crippen LogP contribution is -1.77. The number of hydrogen-bond donors (Lipinski definition) is 1. The SMILES string of the molecule is Cc1cc2ccccc2[c]c1O. The number of hydrogen-bond acceptors (Lipinski definition) is 1. The summed E-state index contributed by atoms with van der Waals surface area (Å²) in [5.41, 5.74) is 0.869. The number of fused-ring (bicyclic) bond motifs is 1. The van der Waals surface area contributed by atoms with Gasteiger partial charge in [0.25, 0.3) is 0 Å². The molecule has 0 fully saturated rings. The molecule has 0 amide bonds. The highest BCUT2D eigenvalue weighted by Gasteiger charge is 1.98. The Morgan fingerprint density at radius 1 is 1.25 bits per heavy atom. The molecule has 59 valence electrons. The predicted molar refractivity (Wildman–Crippen MR) is 49.2 cm³/mol. The van der Waals surface area contributed by atoms with Crippen molar-refractivity contribution in [2.45, 2.75) is 6.92 Å². The van der Waals surface area contributed by atoms with Crippen LogP contribution in [0.1, 0.15) is 5.56 Å². The summed E-state index contributed by atoms with van der Waals surface area (Å²) in [7, 11) is 0. The number of phenolic OH excluding ortho intramolecular Hbond substituents is 1. The zero-order valence-electron chi connectivity index (χ0n) is 6.83. The largest absolute Gasteiger partial charge is 0.507 e. The van der Waals surface area contributed by atoms with Crippen LogP contribution in [0.15, 0.2) is 30.3 Å². The zero-order chi connectivity index (χ0) is 8.55. The Morgan fingerprint density at radius 3 is 2.83 bits per heavy atom. The predicted octanol–water partition coefficient (Wildman–Crippen LogP) is 2.65. The highest BCUT2D eigenvalue weighted by atomic mass is 16.3. The van der Waals surface area contributed by atoms with Crippen molar-refractivity contribution in [3.05, 3.63) is 42.0 Å². The Morgan fingerprint density at radius 2 is 2.00 bits per heavy atom. The second-order valence-electron chi connectivity index (χ2n) is 2.89. The summed E-state index contributed by atoms with van der Waals surface area (Å²) in [6.07, 6.45) is 0. The van der Waals surface area contributed by atoms with E-state index in [-0.39, 0.29) is 5.75 Å². The highest BCUT2D eigenvalue weighted by Crippen LogP contribution is 2.22. The topological polar surface area (TPSA) is 20.2 Å². The van der Waals surface area contributed by atoms with Crippen LogP contribution in [0.2, 0.25) is 0 Å². The van der Waals surface area contributed by atoms with Crippen LogP contribution in [-0.4, -0.2) is 5.11 Å². The van der Waals surface area contributed by atoms with Gasteiger partial charge in [0.2, 0.25) is 0 Å². The second kappa shape index (κ2) is 2.52. The molecular weight excluding hydrogens is 148 g/mol. The number of aromatic hydroxyl groups is 1. The van der Waals surface area contributed by atoms with Gasteiger partial charge in [-0.05, 0) is 29.3 Å². The van der Waals surface area contributed by atoms with Crippen molar-refractivity contribution in [2.75, 3.05) is 0 Å². The summed E-state index contributed by atoms with van der Waals surface area (Å²) in [6.45, 7) is 1.87. The van der Waals surface area contributed by atoms with Crippen LogP contribution in [0.3, 0.4) is 0 Å². The molecule has 0 aliphatic carbocycles. The van der Waals surface area contributed by atoms with Crippen molar-refractivity contribution in [1.29, 1.82) is 0 Å². The minimum atomic E-state index is 0.244. The molecule has 0 unspecified atom stereocenters. The minimum Gasteiger partial charge on any atom is -0.507 e. The molecule has 1 radical (unpaired) electrons. The van der Waals surface area contributed by atoms with Gasteiger partial charge in [-0.25, -0.2) is 0 Å². The minimum absolute atomic E-state index is 0.244. The molecule has 2 aromatic rings. The van der Waals surface area contributed by atoms with Crippen LogP contribution in [0.5, 0.6) is 5.75 Å². The third-order valence-electron chi connectivity index (χ3n) is 1.96. The maximum atomic E-state index is 9.36. The maximum Gasteiger partial charge on any atom is 0.127 e. The van der Waals surface area contributed by atoms with Crippen LogP contribution in [0, 0.1) is 13.0 Å². The van der Waals surface area contributed by atoms with Gasteiger partial charge in [0.1, 0.15) is 5.75 Å². The van der Waals surface area contributed by atoms with Crippen LogP contribution in [0.4, 0.5) is 0 Å². The maximum absolute atomic E-state index is 9.36. The Labute approximate surface area is 71.3 Å². The van der Waals surface area contributed by atoms with E-state index in [4.69, 9.17) is 0 Å². The molecule has 0 saturated heterocycles. The van der Waals surface area contributed by atoms with Crippen molar-refractivity contribution in [2.24, 2.45) is 0 Å². The van der Waals surface area contributed by atoms with E-state index >= 15 is 0 Å². The molecule has 2 aromatic carbocycles. The van der Waals surface area contributed by atoms with Gasteiger partial charge in [-0.15, -0.1) is 0 Å². The third kappa shape index (κ3) is 1.03. The quantitative estimate of drug-likeness (QED) is 0.623. The van der Waals surface area contributed by atoms with E-state index < -0.39 is 0 Å². The van der Waals surface area contributed by atoms with Crippen molar-refractivity contribution in [3.8, 4) is 5.75 Å². The first-order chi connectivity index (χ1) is 5.77. The van der Waals surface area contributed by atoms with Crippen LogP contribution in [-0.2, 0) is 0 Å². The molecular formula is C11H9O. The molecule has 0 atom stereocenters. The number of aryl methyl sites for hydroxylation is 1. The first kappa shape index (κ1) is 7.17. The molecule has 0 bridgehead atoms. The van der Waals surface area contributed by atoms with Crippen molar-refractivity contribution >= 4 is 10.8 Å². The van der Waals surface area contributed by atoms with Crippen molar-refractivity contribution in [3.63, 3.8) is 0 Å². The third-order valence-corrected chi connectivity index (χ3v) is 1.96. The van der Waals surface area contributed by atoms with Crippen LogP contribution < -0.4 is 0 Å². The normalized spacial score (nSPS) is 10.4. The van der Waals surface area contributed by atoms with E-state index in [9.17, 15) is 5.11 Å². The zero-order valence-corrected chi connectivity index (χ0v) is 6.83. The van der Waals surface area contributed by atoms with E-state index in [1.165, 1.54) is 0 Å². The molecule has 0 aliphatic heterocycles. The van der Waals surface area contributed by atoms with Gasteiger partial charge in [0, 0.05) is 6.07 Å². The van der Waals surface area contributed by atoms with E-state index in [0.29, 0.717) is 0 Å². The van der Waals surface area contributed by atoms with E-state index in [0.717, 1.165) is 16.3 Å². The molecule has 1 nitrogen and oxygen atoms in total. The average Bonchev–Trinajstić information content (AvgIpc) is 2.07. The van der Waals surface area contributed by atoms with Gasteiger partial charge in [0.15, 0.2) is 0 Å². The fourth-order valence-corrected chi connectivity index (χ4v) is 1.26. The van der Waals surface area contributed by atoms with E-state index in [1.807, 2.05) is 37.3 Å². The monoisotopic (exact) mass is 157 g/mol. The molecule has 1 N–H and O–H groups in total. The standard InChI is InChI=1S/C11H9O/c1-8-6-9-4-2-3-5-10(9)7-11(8)12/h2-6,12H,1H3. The summed E-state index contributed by atoms with van der Waals surface area (Å²) in [5, 5.41) is 11.4. The lowest BCUT2D eigenvalue weighted by Gasteiger charge is -2.00. The number of phenols is 1. The molecule has 1 heteroatoms. The Balaban J connectivity index is 2.84. The summed E-state index contributed by atoms with van der Waals surface area (Å²) < 4.78 is 0. The fourth-order valence-electron chi connectivity index (χ4n) is 1.26. The van der Waals surface area contributed by atoms with Crippen molar-refractivity contribution in [1.82, 2.24) is 0 Å². The van der Waals surface area contributed by atoms with Crippen molar-refractivity contribution < 1.29 is 5.11 Å². The van der Waals surface area contributed by atoms with Gasteiger partial charge in [0.05, 0.1) is 0 Å². The van der Waals surface area contributed by atoms with E-state index in [2.05, 4.69) is 6.07 Å². The summed E-state index contributed by atoms with van der Waals surface area (Å²) in [6, 6.07) is 12.7. The van der Waals surface area contributed by atoms with E-state index in [1.54, 1.807) is 0 Å². The van der Waals surface area contributed by atoms with Gasteiger partial charge >= 0.3 is 0 Å². The Kier molecular flexibility index (Phi) is 1.51. The lowest BCUT2D eigenvalue weighted by molar-refractivity contribution is 0.471. The molecule has 2 rings (SSSR count). The summed E-state index contributed by atoms with van der Waals surface area (Å²) in [4.78, 5) is 0. The molecule has 0 heterocycles. The molecule has 0 spiro atoms. The Bertz CT molecular complexity index is 378. The highest BCUT2D eigenvalue weighted by molar-refractivity contribution is 5.84. The molecule has 0 aliphatic rings. The summed E-state index contributed by atoms with van der Waals surface area (Å²) in [5.74, 6) is 0.244. The number of benzene rings is 2. The smallest absolute Gasteiger partial charge is 0.127 e. The molecule has 0 aromatic heterocycles. The molecule has 12 heavy (non-hydrogen) atoms. The van der Waals surface area contributed by atoms with Gasteiger partial charge in [-0.1, -0.05) is 24.3 Å². The van der Waals surface area contributed by atoms with Gasteiger partial charge in [-0.3, -0.25) is 0 Å².